The van der Waals surface area contributed by atoms with Crippen LogP contribution in [0.4, 0.5) is 0 Å². The predicted octanol–water partition coefficient (Wildman–Crippen LogP) is -2.95. The molecule has 40 valence electrons. The van der Waals surface area contributed by atoms with Crippen LogP contribution in [0.2, 0.25) is 0 Å². The van der Waals surface area contributed by atoms with Crippen LogP contribution in [0.5, 0.6) is 0 Å². The standard InChI is InChI=1S/H3O4P.O.2Ta/c1-5(2,3)4;;;/h(H3,1,2,3,4);;;/q;;+3;+5/p-3. The van der Waals surface area contributed by atoms with Gasteiger partial charge in [-0.2, -0.15) is 7.82 Å². The van der Waals surface area contributed by atoms with Crippen LogP contribution in [0.15, 0.2) is 0 Å². The van der Waals surface area contributed by atoms with Gasteiger partial charge in [0.25, 0.3) is 0 Å². The third-order valence-corrected chi connectivity index (χ3v) is 0. The van der Waals surface area contributed by atoms with E-state index in [0.29, 0.717) is 0 Å². The zero-order valence-electron chi connectivity index (χ0n) is 3.38. The molecule has 0 saturated carbocycles. The van der Waals surface area contributed by atoms with Crippen molar-refractivity contribution < 1.29 is 65.9 Å². The molecule has 8 heavy (non-hydrogen) atoms. The molecule has 0 aromatic rings. The molecule has 0 saturated heterocycles. The van der Waals surface area contributed by atoms with E-state index in [1.807, 2.05) is 0 Å². The van der Waals surface area contributed by atoms with Crippen LogP contribution >= 0.6 is 7.82 Å². The SMILES string of the molecule is O=P([O-])([O-])[O-].[O]=[Ta+3].[Ta+5]. The molecule has 0 spiro atoms. The second-order valence-electron chi connectivity index (χ2n) is 0.447. The van der Waals surface area contributed by atoms with Crippen molar-refractivity contribution in [3.05, 3.63) is 0 Å². The van der Waals surface area contributed by atoms with Gasteiger partial charge in [0, 0.05) is 0 Å². The van der Waals surface area contributed by atoms with E-state index < -0.39 is 7.82 Å². The van der Waals surface area contributed by atoms with Gasteiger partial charge in [-0.25, -0.2) is 0 Å². The van der Waals surface area contributed by atoms with E-state index in [9.17, 15) is 0 Å². The summed E-state index contributed by atoms with van der Waals surface area (Å²) in [5.41, 5.74) is 0. The summed E-state index contributed by atoms with van der Waals surface area (Å²) in [6, 6.07) is 0. The average Bonchev–Trinajstić information content (AvgIpc) is 1.36. The van der Waals surface area contributed by atoms with Gasteiger partial charge < -0.3 is 19.2 Å². The van der Waals surface area contributed by atoms with Crippen molar-refractivity contribution in [2.24, 2.45) is 0 Å². The molecule has 0 aromatic heterocycles. The van der Waals surface area contributed by atoms with Crippen molar-refractivity contribution in [3.63, 3.8) is 0 Å². The van der Waals surface area contributed by atoms with Crippen molar-refractivity contribution in [2.45, 2.75) is 0 Å². The molecule has 0 radical (unpaired) electrons. The molecule has 5 nitrogen and oxygen atoms in total. The van der Waals surface area contributed by atoms with Crippen LogP contribution in [0, 0.1) is 0 Å². The summed E-state index contributed by atoms with van der Waals surface area (Å²) in [7, 11) is -5.39. The van der Waals surface area contributed by atoms with E-state index in [0.717, 1.165) is 0 Å². The van der Waals surface area contributed by atoms with E-state index in [1.165, 1.54) is 0 Å². The minimum atomic E-state index is -5.39. The van der Waals surface area contributed by atoms with Crippen LogP contribution in [0.1, 0.15) is 0 Å². The van der Waals surface area contributed by atoms with Crippen molar-refractivity contribution >= 4 is 7.82 Å². The zero-order valence-corrected chi connectivity index (χ0v) is 10.7. The second-order valence-corrected chi connectivity index (χ2v) is 1.34. The van der Waals surface area contributed by atoms with Gasteiger partial charge >= 0.3 is 46.7 Å². The molecule has 0 rings (SSSR count). The molecule has 0 amide bonds. The van der Waals surface area contributed by atoms with Gasteiger partial charge in [-0.3, -0.25) is 0 Å². The Morgan fingerprint density at radius 2 is 1.12 bits per heavy atom. The van der Waals surface area contributed by atoms with E-state index >= 15 is 0 Å². The predicted molar refractivity (Wildman–Crippen MR) is 8.29 cm³/mol. The largest absolute Gasteiger partial charge is 5.00 e. The molecule has 8 heteroatoms. The fourth-order valence-corrected chi connectivity index (χ4v) is 0. The second kappa shape index (κ2) is 8.39. The first-order chi connectivity index (χ1) is 3.00. The number of phosphoric acid groups is 1. The van der Waals surface area contributed by atoms with E-state index in [2.05, 4.69) is 0 Å². The Morgan fingerprint density at radius 3 is 1.12 bits per heavy atom. The molecular formula is O5PTa2+5. The summed E-state index contributed by atoms with van der Waals surface area (Å²) in [5.74, 6) is 0. The smallest absolute Gasteiger partial charge is 5.00 e. The molecule has 0 aliphatic rings. The van der Waals surface area contributed by atoms with Gasteiger partial charge in [-0.15, -0.1) is 0 Å². The first-order valence-corrected chi connectivity index (χ1v) is 3.69. The van der Waals surface area contributed by atoms with Gasteiger partial charge in [0.15, 0.2) is 0 Å². The van der Waals surface area contributed by atoms with Gasteiger partial charge in [-0.1, -0.05) is 0 Å². The summed E-state index contributed by atoms with van der Waals surface area (Å²) < 4.78 is 16.9. The topological polar surface area (TPSA) is 103 Å². The Hall–Kier alpha value is 1.39. The Balaban J connectivity index is -0.0000000750. The normalized spacial score (nSPS) is 8.12. The molecule has 0 heterocycles. The molecule has 0 atom stereocenters. The average molecular weight is 473 g/mol. The van der Waals surface area contributed by atoms with Crippen molar-refractivity contribution in [3.8, 4) is 0 Å². The first-order valence-electron chi connectivity index (χ1n) is 0.913. The minimum absolute atomic E-state index is 0. The Labute approximate surface area is 73.5 Å². The summed E-state index contributed by atoms with van der Waals surface area (Å²) in [4.78, 5) is 25.6. The van der Waals surface area contributed by atoms with Gasteiger partial charge in [-0.05, 0) is 0 Å². The number of hydrogen-bond acceptors (Lipinski definition) is 5. The molecule has 0 unspecified atom stereocenters. The zero-order chi connectivity index (χ0) is 6.50. The first kappa shape index (κ1) is 16.2. The molecule has 0 N–H and O–H groups in total. The Morgan fingerprint density at radius 1 is 1.12 bits per heavy atom. The molecule has 0 aromatic carbocycles. The third-order valence-electron chi connectivity index (χ3n) is 0. The van der Waals surface area contributed by atoms with Crippen molar-refractivity contribution in [2.75, 3.05) is 0 Å². The summed E-state index contributed by atoms with van der Waals surface area (Å²) in [6.45, 7) is 0. The van der Waals surface area contributed by atoms with E-state index in [4.69, 9.17) is 22.5 Å². The van der Waals surface area contributed by atoms with Crippen LogP contribution in [-0.2, 0) is 51.2 Å². The van der Waals surface area contributed by atoms with Crippen molar-refractivity contribution in [1.82, 2.24) is 0 Å². The molecule has 0 aliphatic carbocycles. The molecule has 0 bridgehead atoms. The Kier molecular flexibility index (Phi) is 17.0. The quantitative estimate of drug-likeness (QED) is 0.351. The number of rotatable bonds is 0. The van der Waals surface area contributed by atoms with Crippen molar-refractivity contribution in [1.29, 1.82) is 0 Å². The summed E-state index contributed by atoms with van der Waals surface area (Å²) >= 11 is 0.194. The maximum atomic E-state index is 8.55. The number of hydrogen-bond donors (Lipinski definition) is 0. The van der Waals surface area contributed by atoms with E-state index in [1.54, 1.807) is 0 Å². The maximum absolute atomic E-state index is 8.55. The fraction of sp³-hybridized carbons (Fsp3) is 0. The van der Waals surface area contributed by atoms with Gasteiger partial charge in [0.2, 0.25) is 0 Å². The Bertz CT molecular complexity index is 66.2. The van der Waals surface area contributed by atoms with Gasteiger partial charge in [0.1, 0.15) is 0 Å². The van der Waals surface area contributed by atoms with Crippen LogP contribution < -0.4 is 14.7 Å². The molecular weight excluding hydrogens is 473 g/mol. The summed E-state index contributed by atoms with van der Waals surface area (Å²) in [6.07, 6.45) is 0. The monoisotopic (exact) mass is 473 g/mol. The third kappa shape index (κ3) is 156. The molecule has 0 fully saturated rings. The van der Waals surface area contributed by atoms with Crippen LogP contribution in [0.3, 0.4) is 0 Å². The van der Waals surface area contributed by atoms with Crippen LogP contribution in [-0.4, -0.2) is 0 Å². The van der Waals surface area contributed by atoms with E-state index in [-0.39, 0.29) is 43.4 Å². The van der Waals surface area contributed by atoms with Crippen LogP contribution in [0.25, 0.3) is 0 Å². The maximum Gasteiger partial charge on any atom is 5.00 e. The summed E-state index contributed by atoms with van der Waals surface area (Å²) in [5, 5.41) is 0. The minimum Gasteiger partial charge on any atom is 5.00 e. The molecule has 0 aliphatic heterocycles. The van der Waals surface area contributed by atoms with Gasteiger partial charge in [0.05, 0.1) is 0 Å². The fourth-order valence-electron chi connectivity index (χ4n) is 0.